The first-order chi connectivity index (χ1) is 31.2. The number of hydrogen-bond acceptors (Lipinski definition) is 7. The fourth-order valence-electron chi connectivity index (χ4n) is 9.02. The first-order valence-electron chi connectivity index (χ1n) is 20.8. The molecule has 5 heterocycles. The second kappa shape index (κ2) is 14.3. The highest BCUT2D eigenvalue weighted by molar-refractivity contribution is 7.26. The molecule has 0 aliphatic heterocycles. The predicted molar refractivity (Wildman–Crippen MR) is 263 cm³/mol. The number of fused-ring (bicyclic) bond motifs is 9. The van der Waals surface area contributed by atoms with E-state index in [-0.39, 0.29) is 0 Å². The molecule has 8 heteroatoms. The minimum Gasteiger partial charge on any atom is -0.309 e. The van der Waals surface area contributed by atoms with Gasteiger partial charge in [-0.3, -0.25) is 0 Å². The molecule has 0 saturated carbocycles. The first-order valence-corrected chi connectivity index (χ1v) is 22.5. The summed E-state index contributed by atoms with van der Waals surface area (Å²) in [6.45, 7) is 0. The second-order valence-electron chi connectivity index (χ2n) is 15.6. The molecule has 13 aromatic rings. The standard InChI is InChI=1S/C55H32N6S2/c1-4-16-33(17-5-1)52-58-53(34-18-6-2-7-19-34)60-54(59-52)41-25-15-29-46-47(41)40-24-14-26-42(50(40)63-46)55-56-48(51-49(57-55)39-23-11-13-28-45(39)62-51)35-30-31-38-37-22-10-12-27-43(37)61(44(38)32-35)36-20-8-3-9-21-36/h1-32H. The van der Waals surface area contributed by atoms with E-state index >= 15 is 0 Å². The van der Waals surface area contributed by atoms with Gasteiger partial charge in [0.1, 0.15) is 0 Å². The van der Waals surface area contributed by atoms with Gasteiger partial charge in [-0.25, -0.2) is 24.9 Å². The van der Waals surface area contributed by atoms with Crippen LogP contribution in [0, 0.1) is 0 Å². The minimum atomic E-state index is 0.631. The van der Waals surface area contributed by atoms with E-state index in [1.807, 2.05) is 60.7 Å². The van der Waals surface area contributed by atoms with Gasteiger partial charge in [0.2, 0.25) is 0 Å². The summed E-state index contributed by atoms with van der Waals surface area (Å²) in [5.74, 6) is 2.60. The maximum absolute atomic E-state index is 5.55. The van der Waals surface area contributed by atoms with Crippen LogP contribution in [0.4, 0.5) is 0 Å². The SMILES string of the molecule is c1ccc(-c2nc(-c3ccccc3)nc(-c3cccc4sc5c(-c6nc(-c7ccc8c9ccccc9n(-c9ccccc9)c8c7)c7sc8ccccc8c7n6)cccc5c34)n2)cc1. The van der Waals surface area contributed by atoms with E-state index in [2.05, 4.69) is 138 Å². The summed E-state index contributed by atoms with van der Waals surface area (Å²) in [5, 5.41) is 5.77. The number of rotatable bonds is 6. The lowest BCUT2D eigenvalue weighted by Gasteiger charge is -2.11. The van der Waals surface area contributed by atoms with E-state index in [9.17, 15) is 0 Å². The summed E-state index contributed by atoms with van der Waals surface area (Å²) in [7, 11) is 0. The van der Waals surface area contributed by atoms with Crippen LogP contribution in [0.25, 0.3) is 125 Å². The van der Waals surface area contributed by atoms with Crippen molar-refractivity contribution in [3.05, 3.63) is 194 Å². The largest absolute Gasteiger partial charge is 0.309 e. The van der Waals surface area contributed by atoms with E-state index in [0.29, 0.717) is 23.3 Å². The van der Waals surface area contributed by atoms with Gasteiger partial charge in [0.05, 0.1) is 26.9 Å². The molecule has 5 aromatic heterocycles. The van der Waals surface area contributed by atoms with E-state index in [1.165, 1.54) is 21.0 Å². The van der Waals surface area contributed by atoms with Gasteiger partial charge in [-0.15, -0.1) is 22.7 Å². The second-order valence-corrected chi connectivity index (χ2v) is 17.7. The Bertz CT molecular complexity index is 3850. The molecule has 0 atom stereocenters. The topological polar surface area (TPSA) is 69.4 Å². The highest BCUT2D eigenvalue weighted by Gasteiger charge is 2.23. The van der Waals surface area contributed by atoms with Gasteiger partial charge >= 0.3 is 0 Å². The van der Waals surface area contributed by atoms with Crippen molar-refractivity contribution < 1.29 is 0 Å². The molecule has 0 bridgehead atoms. The van der Waals surface area contributed by atoms with Crippen molar-refractivity contribution >= 4 is 85.0 Å². The Morgan fingerprint density at radius 2 is 0.921 bits per heavy atom. The molecule has 0 spiro atoms. The Balaban J connectivity index is 1.04. The fourth-order valence-corrected chi connectivity index (χ4v) is 11.4. The lowest BCUT2D eigenvalue weighted by Crippen LogP contribution is -2.00. The van der Waals surface area contributed by atoms with Crippen molar-refractivity contribution in [3.63, 3.8) is 0 Å². The number of aromatic nitrogens is 6. The van der Waals surface area contributed by atoms with Crippen LogP contribution in [-0.2, 0) is 0 Å². The van der Waals surface area contributed by atoms with E-state index in [1.54, 1.807) is 22.7 Å². The molecule has 0 unspecified atom stereocenters. The molecule has 0 aliphatic rings. The summed E-state index contributed by atoms with van der Waals surface area (Å²) in [6, 6.07) is 67.8. The number of nitrogens with zero attached hydrogens (tertiary/aromatic N) is 6. The van der Waals surface area contributed by atoms with Crippen molar-refractivity contribution in [3.8, 4) is 62.5 Å². The summed E-state index contributed by atoms with van der Waals surface area (Å²) in [4.78, 5) is 26.2. The summed E-state index contributed by atoms with van der Waals surface area (Å²) < 4.78 is 6.88. The Morgan fingerprint density at radius 3 is 1.70 bits per heavy atom. The van der Waals surface area contributed by atoms with Gasteiger partial charge in [-0.1, -0.05) is 152 Å². The lowest BCUT2D eigenvalue weighted by molar-refractivity contribution is 1.08. The monoisotopic (exact) mass is 840 g/mol. The number of para-hydroxylation sites is 2. The average molecular weight is 841 g/mol. The first kappa shape index (κ1) is 35.8. The highest BCUT2D eigenvalue weighted by atomic mass is 32.1. The van der Waals surface area contributed by atoms with E-state index < -0.39 is 0 Å². The summed E-state index contributed by atoms with van der Waals surface area (Å²) in [5.41, 5.74) is 10.2. The van der Waals surface area contributed by atoms with Gasteiger partial charge in [0, 0.05) is 74.5 Å². The third kappa shape index (κ3) is 5.80. The van der Waals surface area contributed by atoms with Crippen molar-refractivity contribution in [2.75, 3.05) is 0 Å². The molecular weight excluding hydrogens is 809 g/mol. The Labute approximate surface area is 369 Å². The van der Waals surface area contributed by atoms with Crippen molar-refractivity contribution in [2.24, 2.45) is 0 Å². The molecule has 63 heavy (non-hydrogen) atoms. The molecule has 0 radical (unpaired) electrons. The van der Waals surface area contributed by atoms with E-state index in [0.717, 1.165) is 80.5 Å². The van der Waals surface area contributed by atoms with Crippen molar-refractivity contribution in [1.82, 2.24) is 29.5 Å². The van der Waals surface area contributed by atoms with Crippen LogP contribution in [0.5, 0.6) is 0 Å². The van der Waals surface area contributed by atoms with Gasteiger partial charge in [-0.05, 0) is 42.5 Å². The van der Waals surface area contributed by atoms with Gasteiger partial charge in [0.15, 0.2) is 23.3 Å². The summed E-state index contributed by atoms with van der Waals surface area (Å²) in [6.07, 6.45) is 0. The van der Waals surface area contributed by atoms with Gasteiger partial charge < -0.3 is 4.57 Å². The number of benzene rings is 8. The predicted octanol–water partition coefficient (Wildman–Crippen LogP) is 14.8. The maximum atomic E-state index is 5.55. The van der Waals surface area contributed by atoms with Gasteiger partial charge in [0.25, 0.3) is 0 Å². The van der Waals surface area contributed by atoms with Crippen LogP contribution in [-0.4, -0.2) is 29.5 Å². The lowest BCUT2D eigenvalue weighted by atomic mass is 10.0. The zero-order chi connectivity index (χ0) is 41.4. The number of hydrogen-bond donors (Lipinski definition) is 0. The van der Waals surface area contributed by atoms with Crippen LogP contribution in [0.3, 0.4) is 0 Å². The Kier molecular flexibility index (Phi) is 8.15. The van der Waals surface area contributed by atoms with E-state index in [4.69, 9.17) is 24.9 Å². The molecule has 0 N–H and O–H groups in total. The summed E-state index contributed by atoms with van der Waals surface area (Å²) >= 11 is 3.51. The fraction of sp³-hybridized carbons (Fsp3) is 0. The maximum Gasteiger partial charge on any atom is 0.164 e. The third-order valence-electron chi connectivity index (χ3n) is 11.9. The minimum absolute atomic E-state index is 0.631. The zero-order valence-electron chi connectivity index (χ0n) is 33.5. The number of thiophene rings is 2. The van der Waals surface area contributed by atoms with Crippen LogP contribution in [0.2, 0.25) is 0 Å². The molecule has 13 rings (SSSR count). The van der Waals surface area contributed by atoms with Gasteiger partial charge in [-0.2, -0.15) is 0 Å². The van der Waals surface area contributed by atoms with Crippen LogP contribution in [0.15, 0.2) is 194 Å². The highest BCUT2D eigenvalue weighted by Crippen LogP contribution is 2.46. The molecule has 8 aromatic carbocycles. The molecule has 0 amide bonds. The molecule has 294 valence electrons. The van der Waals surface area contributed by atoms with Crippen molar-refractivity contribution in [2.45, 2.75) is 0 Å². The molecule has 0 aliphatic carbocycles. The smallest absolute Gasteiger partial charge is 0.164 e. The molecule has 0 saturated heterocycles. The van der Waals surface area contributed by atoms with Crippen LogP contribution < -0.4 is 0 Å². The zero-order valence-corrected chi connectivity index (χ0v) is 35.1. The molecular formula is C55H32N6S2. The molecule has 6 nitrogen and oxygen atoms in total. The molecule has 0 fully saturated rings. The quantitative estimate of drug-likeness (QED) is 0.167. The van der Waals surface area contributed by atoms with Crippen molar-refractivity contribution in [1.29, 1.82) is 0 Å². The third-order valence-corrected chi connectivity index (χ3v) is 14.3. The average Bonchev–Trinajstić information content (AvgIpc) is 4.04. The normalized spacial score (nSPS) is 11.8. The Hall–Kier alpha value is -7.91. The van der Waals surface area contributed by atoms with Crippen LogP contribution >= 0.6 is 22.7 Å². The Morgan fingerprint density at radius 1 is 0.349 bits per heavy atom. The van der Waals surface area contributed by atoms with Crippen LogP contribution in [0.1, 0.15) is 0 Å².